The largest absolute Gasteiger partial charge is 0.325 e. The molecule has 1 aromatic heterocycles. The highest BCUT2D eigenvalue weighted by Gasteiger charge is 2.26. The van der Waals surface area contributed by atoms with Crippen molar-refractivity contribution in [3.63, 3.8) is 0 Å². The van der Waals surface area contributed by atoms with Crippen molar-refractivity contribution in [1.29, 1.82) is 0 Å². The van der Waals surface area contributed by atoms with Gasteiger partial charge in [0.05, 0.1) is 10.9 Å². The van der Waals surface area contributed by atoms with Gasteiger partial charge in [-0.2, -0.15) is 0 Å². The van der Waals surface area contributed by atoms with E-state index in [1.54, 1.807) is 11.8 Å². The number of benzene rings is 2. The van der Waals surface area contributed by atoms with E-state index >= 15 is 0 Å². The number of carbonyl (C=O) groups is 1. The van der Waals surface area contributed by atoms with Gasteiger partial charge in [0.1, 0.15) is 0 Å². The number of para-hydroxylation sites is 1. The fraction of sp³-hybridized carbons (Fsp3) is 0.360. The van der Waals surface area contributed by atoms with E-state index in [4.69, 9.17) is 4.98 Å². The molecule has 0 saturated heterocycles. The van der Waals surface area contributed by atoms with Crippen LogP contribution < -0.4 is 5.32 Å². The molecule has 0 radical (unpaired) electrons. The maximum absolute atomic E-state index is 13.1. The molecule has 1 aliphatic carbocycles. The van der Waals surface area contributed by atoms with Crippen molar-refractivity contribution in [2.45, 2.75) is 62.9 Å². The summed E-state index contributed by atoms with van der Waals surface area (Å²) in [5.74, 6) is -0.000316. The Balaban J connectivity index is 1.52. The predicted molar refractivity (Wildman–Crippen MR) is 125 cm³/mol. The fourth-order valence-electron chi connectivity index (χ4n) is 4.18. The van der Waals surface area contributed by atoms with Crippen molar-refractivity contribution in [1.82, 2.24) is 9.55 Å². The van der Waals surface area contributed by atoms with Crippen molar-refractivity contribution in [3.8, 4) is 11.1 Å². The third-order valence-electron chi connectivity index (χ3n) is 5.97. The van der Waals surface area contributed by atoms with Gasteiger partial charge in [-0.15, -0.1) is 0 Å². The summed E-state index contributed by atoms with van der Waals surface area (Å²) < 4.78 is 2.37. The molecule has 0 bridgehead atoms. The predicted octanol–water partition coefficient (Wildman–Crippen LogP) is 6.40. The summed E-state index contributed by atoms with van der Waals surface area (Å²) in [6.07, 6.45) is 4.96. The lowest BCUT2D eigenvalue weighted by molar-refractivity contribution is -0.115. The number of anilines is 1. The Kier molecular flexibility index (Phi) is 6.28. The highest BCUT2D eigenvalue weighted by molar-refractivity contribution is 8.00. The summed E-state index contributed by atoms with van der Waals surface area (Å²) in [5, 5.41) is 3.87. The van der Waals surface area contributed by atoms with Crippen LogP contribution in [0.25, 0.3) is 11.1 Å². The average Bonchev–Trinajstić information content (AvgIpc) is 3.37. The zero-order chi connectivity index (χ0) is 21.1. The van der Waals surface area contributed by atoms with Crippen LogP contribution in [-0.4, -0.2) is 20.7 Å². The van der Waals surface area contributed by atoms with Crippen LogP contribution in [-0.2, 0) is 4.79 Å². The monoisotopic (exact) mass is 419 g/mol. The molecular weight excluding hydrogens is 390 g/mol. The number of imidazole rings is 1. The van der Waals surface area contributed by atoms with Crippen molar-refractivity contribution in [3.05, 3.63) is 66.0 Å². The number of amides is 1. The number of nitrogens with zero attached hydrogens (tertiary/aromatic N) is 2. The van der Waals surface area contributed by atoms with Crippen LogP contribution in [0.1, 0.15) is 50.0 Å². The molecule has 1 aliphatic rings. The Morgan fingerprint density at radius 3 is 2.47 bits per heavy atom. The minimum Gasteiger partial charge on any atom is -0.325 e. The van der Waals surface area contributed by atoms with Gasteiger partial charge >= 0.3 is 0 Å². The minimum absolute atomic E-state index is 0.000316. The first-order chi connectivity index (χ1) is 14.5. The van der Waals surface area contributed by atoms with E-state index < -0.39 is 0 Å². The van der Waals surface area contributed by atoms with Crippen LogP contribution in [0.15, 0.2) is 59.8 Å². The Hall–Kier alpha value is -2.53. The first-order valence-corrected chi connectivity index (χ1v) is 11.6. The van der Waals surface area contributed by atoms with Gasteiger partial charge in [0.2, 0.25) is 5.91 Å². The zero-order valence-electron chi connectivity index (χ0n) is 17.9. The van der Waals surface area contributed by atoms with Crippen LogP contribution in [0.2, 0.25) is 0 Å². The molecule has 156 valence electrons. The third kappa shape index (κ3) is 4.31. The van der Waals surface area contributed by atoms with E-state index in [-0.39, 0.29) is 11.2 Å². The van der Waals surface area contributed by atoms with Gasteiger partial charge < -0.3 is 9.88 Å². The van der Waals surface area contributed by atoms with Gasteiger partial charge in [-0.1, -0.05) is 73.1 Å². The Labute approximate surface area is 183 Å². The highest BCUT2D eigenvalue weighted by Crippen LogP contribution is 2.37. The van der Waals surface area contributed by atoms with E-state index in [9.17, 15) is 4.79 Å². The van der Waals surface area contributed by atoms with E-state index in [2.05, 4.69) is 35.9 Å². The van der Waals surface area contributed by atoms with Gasteiger partial charge in [0.15, 0.2) is 5.16 Å². The molecule has 1 saturated carbocycles. The lowest BCUT2D eigenvalue weighted by atomic mass is 10.0. The average molecular weight is 420 g/mol. The molecule has 5 heteroatoms. The van der Waals surface area contributed by atoms with Crippen molar-refractivity contribution >= 4 is 23.4 Å². The number of hydrogen-bond acceptors (Lipinski definition) is 3. The second-order valence-electron chi connectivity index (χ2n) is 8.03. The van der Waals surface area contributed by atoms with Crippen LogP contribution in [0.4, 0.5) is 5.69 Å². The Morgan fingerprint density at radius 2 is 1.73 bits per heavy atom. The van der Waals surface area contributed by atoms with E-state index in [0.717, 1.165) is 27.7 Å². The number of nitrogens with one attached hydrogen (secondary N) is 1. The first-order valence-electron chi connectivity index (χ1n) is 10.7. The van der Waals surface area contributed by atoms with E-state index in [1.807, 2.05) is 49.4 Å². The highest BCUT2D eigenvalue weighted by atomic mass is 32.2. The summed E-state index contributed by atoms with van der Waals surface area (Å²) in [6, 6.07) is 18.6. The first kappa shape index (κ1) is 20.7. The molecule has 2 aromatic carbocycles. The van der Waals surface area contributed by atoms with Gasteiger partial charge in [-0.25, -0.2) is 4.98 Å². The van der Waals surface area contributed by atoms with Crippen molar-refractivity contribution in [2.75, 3.05) is 5.32 Å². The SMILES string of the molecule is Cc1nc(S[C@@H](C)C(=O)Nc2ccccc2-c2ccccc2)n(C2CCCC2)c1C. The number of hydrogen-bond donors (Lipinski definition) is 1. The number of carbonyl (C=O) groups excluding carboxylic acids is 1. The molecular formula is C25H29N3OS. The summed E-state index contributed by atoms with van der Waals surface area (Å²) in [7, 11) is 0. The molecule has 1 heterocycles. The summed E-state index contributed by atoms with van der Waals surface area (Å²) in [6.45, 7) is 6.17. The zero-order valence-corrected chi connectivity index (χ0v) is 18.7. The third-order valence-corrected chi connectivity index (χ3v) is 7.03. The molecule has 4 rings (SSSR count). The van der Waals surface area contributed by atoms with Crippen LogP contribution in [0.5, 0.6) is 0 Å². The molecule has 30 heavy (non-hydrogen) atoms. The number of aryl methyl sites for hydroxylation is 1. The number of thioether (sulfide) groups is 1. The van der Waals surface area contributed by atoms with Gasteiger partial charge in [-0.05, 0) is 45.2 Å². The smallest absolute Gasteiger partial charge is 0.237 e. The molecule has 3 aromatic rings. The summed E-state index contributed by atoms with van der Waals surface area (Å²) in [4.78, 5) is 17.9. The maximum atomic E-state index is 13.1. The summed E-state index contributed by atoms with van der Waals surface area (Å²) in [5.41, 5.74) is 5.25. The number of rotatable bonds is 6. The molecule has 1 fully saturated rings. The second-order valence-corrected chi connectivity index (χ2v) is 9.34. The lowest BCUT2D eigenvalue weighted by Crippen LogP contribution is -2.23. The summed E-state index contributed by atoms with van der Waals surface area (Å²) >= 11 is 1.56. The molecule has 1 atom stereocenters. The van der Waals surface area contributed by atoms with E-state index in [0.29, 0.717) is 6.04 Å². The quantitative estimate of drug-likeness (QED) is 0.470. The Morgan fingerprint density at radius 1 is 1.07 bits per heavy atom. The molecule has 4 nitrogen and oxygen atoms in total. The van der Waals surface area contributed by atoms with Crippen LogP contribution in [0.3, 0.4) is 0 Å². The van der Waals surface area contributed by atoms with Crippen LogP contribution in [0, 0.1) is 13.8 Å². The van der Waals surface area contributed by atoms with E-state index in [1.165, 1.54) is 31.4 Å². The molecule has 0 spiro atoms. The molecule has 0 unspecified atom stereocenters. The standard InChI is InChI=1S/C25H29N3OS/c1-17-18(2)28(21-13-7-8-14-21)25(26-17)30-19(3)24(29)27-23-16-10-9-15-22(23)20-11-5-4-6-12-20/h4-6,9-12,15-16,19,21H,7-8,13-14H2,1-3H3,(H,27,29)/t19-/m0/s1. The second kappa shape index (κ2) is 9.09. The molecule has 1 N–H and O–H groups in total. The maximum Gasteiger partial charge on any atom is 0.237 e. The topological polar surface area (TPSA) is 46.9 Å². The van der Waals surface area contributed by atoms with Crippen molar-refractivity contribution < 1.29 is 4.79 Å². The van der Waals surface area contributed by atoms with Gasteiger partial charge in [0, 0.05) is 23.0 Å². The van der Waals surface area contributed by atoms with Crippen LogP contribution >= 0.6 is 11.8 Å². The minimum atomic E-state index is -0.241. The fourth-order valence-corrected chi connectivity index (χ4v) is 5.25. The normalized spacial score (nSPS) is 15.3. The Bertz CT molecular complexity index is 1020. The number of aromatic nitrogens is 2. The van der Waals surface area contributed by atoms with Gasteiger partial charge in [0.25, 0.3) is 0 Å². The van der Waals surface area contributed by atoms with Gasteiger partial charge in [-0.3, -0.25) is 4.79 Å². The molecule has 0 aliphatic heterocycles. The molecule has 1 amide bonds. The lowest BCUT2D eigenvalue weighted by Gasteiger charge is -2.19. The van der Waals surface area contributed by atoms with Crippen molar-refractivity contribution in [2.24, 2.45) is 0 Å².